The first-order valence-electron chi connectivity index (χ1n) is 6.07. The number of Topliss-reactive ketones (excluding diaryl/α,β-unsaturated/α-hetero) is 1. The molecule has 1 amide bonds. The molecule has 95 valence electrons. The van der Waals surface area contributed by atoms with Gasteiger partial charge in [0.1, 0.15) is 5.92 Å². The van der Waals surface area contributed by atoms with Crippen molar-refractivity contribution in [2.24, 2.45) is 5.92 Å². The van der Waals surface area contributed by atoms with Crippen LogP contribution in [0.1, 0.15) is 15.9 Å². The largest absolute Gasteiger partial charge is 0.293 e. The lowest BCUT2D eigenvalue weighted by Crippen LogP contribution is -2.27. The van der Waals surface area contributed by atoms with Crippen molar-refractivity contribution in [3.8, 4) is 0 Å². The fraction of sp³-hybridized carbons (Fsp3) is 0.125. The highest BCUT2D eigenvalue weighted by atomic mass is 16.2. The summed E-state index contributed by atoms with van der Waals surface area (Å²) in [5.41, 5.74) is 8.67. The zero-order valence-corrected chi connectivity index (χ0v) is 10.4. The van der Waals surface area contributed by atoms with E-state index < -0.39 is 11.8 Å². The van der Waals surface area contributed by atoms with Crippen molar-refractivity contribution >= 4 is 11.7 Å². The van der Waals surface area contributed by atoms with Crippen LogP contribution in [0.3, 0.4) is 0 Å². The molecule has 1 atom stereocenters. The second-order valence-electron chi connectivity index (χ2n) is 4.34. The summed E-state index contributed by atoms with van der Waals surface area (Å²) in [6, 6.07) is 17.9. The molecule has 1 unspecified atom stereocenters. The van der Waals surface area contributed by atoms with E-state index in [0.717, 1.165) is 5.56 Å². The van der Waals surface area contributed by atoms with Crippen LogP contribution in [0.5, 0.6) is 0 Å². The summed E-state index contributed by atoms with van der Waals surface area (Å²) in [4.78, 5) is 23.7. The smallest absolute Gasteiger partial charge is 0.249 e. The number of amides is 1. The van der Waals surface area contributed by atoms with Gasteiger partial charge in [0.15, 0.2) is 5.78 Å². The lowest BCUT2D eigenvalue weighted by molar-refractivity contribution is -0.121. The summed E-state index contributed by atoms with van der Waals surface area (Å²) in [6.07, 6.45) is 0.275. The van der Waals surface area contributed by atoms with Crippen LogP contribution >= 0.6 is 0 Å². The van der Waals surface area contributed by atoms with Crippen LogP contribution in [0.15, 0.2) is 60.7 Å². The lowest BCUT2D eigenvalue weighted by atomic mass is 9.91. The summed E-state index contributed by atoms with van der Waals surface area (Å²) in [5, 5.41) is 0. The Morgan fingerprint density at radius 2 is 1.42 bits per heavy atom. The Labute approximate surface area is 112 Å². The van der Waals surface area contributed by atoms with Crippen molar-refractivity contribution in [1.29, 1.82) is 0 Å². The van der Waals surface area contributed by atoms with E-state index in [1.807, 2.05) is 36.4 Å². The van der Waals surface area contributed by atoms with Crippen molar-refractivity contribution in [3.05, 3.63) is 71.8 Å². The van der Waals surface area contributed by atoms with E-state index >= 15 is 0 Å². The molecular formula is C16H14NO2. The maximum absolute atomic E-state index is 12.2. The van der Waals surface area contributed by atoms with Gasteiger partial charge >= 0.3 is 0 Å². The molecule has 0 fully saturated rings. The zero-order chi connectivity index (χ0) is 13.7. The number of hydrogen-bond acceptors (Lipinski definition) is 2. The molecule has 0 aliphatic heterocycles. The Morgan fingerprint density at radius 3 is 1.95 bits per heavy atom. The molecule has 3 nitrogen and oxygen atoms in total. The first-order valence-corrected chi connectivity index (χ1v) is 6.07. The highest BCUT2D eigenvalue weighted by molar-refractivity contribution is 6.09. The van der Waals surface area contributed by atoms with Crippen molar-refractivity contribution < 1.29 is 9.59 Å². The van der Waals surface area contributed by atoms with Gasteiger partial charge in [-0.25, -0.2) is 0 Å². The first kappa shape index (κ1) is 13.0. The van der Waals surface area contributed by atoms with E-state index in [1.165, 1.54) is 0 Å². The maximum atomic E-state index is 12.2. The molecule has 2 aromatic carbocycles. The molecular weight excluding hydrogens is 238 g/mol. The number of nitrogens with one attached hydrogen (secondary N) is 1. The minimum absolute atomic E-state index is 0.275. The van der Waals surface area contributed by atoms with Gasteiger partial charge in [-0.1, -0.05) is 60.7 Å². The minimum Gasteiger partial charge on any atom is -0.293 e. The third-order valence-electron chi connectivity index (χ3n) is 2.97. The van der Waals surface area contributed by atoms with Crippen molar-refractivity contribution in [2.45, 2.75) is 6.42 Å². The highest BCUT2D eigenvalue weighted by Crippen LogP contribution is 2.15. The Morgan fingerprint density at radius 1 is 0.895 bits per heavy atom. The Hall–Kier alpha value is -2.42. The van der Waals surface area contributed by atoms with E-state index in [0.29, 0.717) is 5.56 Å². The molecule has 0 heterocycles. The molecule has 0 saturated carbocycles. The van der Waals surface area contributed by atoms with Gasteiger partial charge in [-0.15, -0.1) is 0 Å². The molecule has 2 rings (SSSR count). The van der Waals surface area contributed by atoms with Crippen LogP contribution in [-0.2, 0) is 11.2 Å². The molecule has 0 saturated heterocycles. The second-order valence-corrected chi connectivity index (χ2v) is 4.34. The number of hydrogen-bond donors (Lipinski definition) is 0. The summed E-state index contributed by atoms with van der Waals surface area (Å²) in [7, 11) is 0. The Bertz CT molecular complexity index is 564. The van der Waals surface area contributed by atoms with Gasteiger partial charge in [-0.05, 0) is 12.0 Å². The molecule has 0 aliphatic carbocycles. The zero-order valence-electron chi connectivity index (χ0n) is 10.4. The predicted octanol–water partition coefficient (Wildman–Crippen LogP) is 2.54. The molecule has 2 aromatic rings. The van der Waals surface area contributed by atoms with Gasteiger partial charge in [0, 0.05) is 5.56 Å². The molecule has 0 aromatic heterocycles. The van der Waals surface area contributed by atoms with E-state index in [9.17, 15) is 9.59 Å². The topological polar surface area (TPSA) is 57.9 Å². The molecule has 0 spiro atoms. The number of rotatable bonds is 5. The Balaban J connectivity index is 2.22. The molecule has 3 heteroatoms. The molecule has 1 radical (unpaired) electrons. The molecule has 0 bridgehead atoms. The van der Waals surface area contributed by atoms with Crippen molar-refractivity contribution in [2.75, 3.05) is 0 Å². The fourth-order valence-corrected chi connectivity index (χ4v) is 1.96. The third-order valence-corrected chi connectivity index (χ3v) is 2.97. The Kier molecular flexibility index (Phi) is 4.08. The van der Waals surface area contributed by atoms with Crippen molar-refractivity contribution in [3.63, 3.8) is 0 Å². The highest BCUT2D eigenvalue weighted by Gasteiger charge is 2.26. The minimum atomic E-state index is -0.926. The van der Waals surface area contributed by atoms with Crippen LogP contribution in [0.4, 0.5) is 0 Å². The number of carbonyl (C=O) groups is 2. The van der Waals surface area contributed by atoms with Crippen LogP contribution in [0.25, 0.3) is 0 Å². The van der Waals surface area contributed by atoms with E-state index in [1.54, 1.807) is 24.3 Å². The van der Waals surface area contributed by atoms with Gasteiger partial charge in [0.05, 0.1) is 0 Å². The molecule has 0 aliphatic rings. The van der Waals surface area contributed by atoms with Crippen LogP contribution in [0.2, 0.25) is 0 Å². The van der Waals surface area contributed by atoms with Crippen LogP contribution in [0, 0.1) is 5.92 Å². The van der Waals surface area contributed by atoms with Gasteiger partial charge in [0.25, 0.3) is 0 Å². The lowest BCUT2D eigenvalue weighted by Gasteiger charge is -2.11. The summed E-state index contributed by atoms with van der Waals surface area (Å²) in [6.45, 7) is 0. The van der Waals surface area contributed by atoms with E-state index in [-0.39, 0.29) is 12.2 Å². The van der Waals surface area contributed by atoms with E-state index in [2.05, 4.69) is 0 Å². The first-order chi connectivity index (χ1) is 9.18. The number of carbonyl (C=O) groups excluding carboxylic acids is 2. The average molecular weight is 252 g/mol. The summed E-state index contributed by atoms with van der Waals surface area (Å²) < 4.78 is 0. The summed E-state index contributed by atoms with van der Waals surface area (Å²) in [5.74, 6) is -2.05. The van der Waals surface area contributed by atoms with Gasteiger partial charge in [-0.3, -0.25) is 15.3 Å². The predicted molar refractivity (Wildman–Crippen MR) is 72.5 cm³/mol. The van der Waals surface area contributed by atoms with Crippen LogP contribution < -0.4 is 5.73 Å². The van der Waals surface area contributed by atoms with Crippen LogP contribution in [-0.4, -0.2) is 11.7 Å². The molecule has 19 heavy (non-hydrogen) atoms. The number of benzene rings is 2. The second kappa shape index (κ2) is 5.96. The standard InChI is InChI=1S/C16H14NO2/c17-16(19)14(11-12-7-3-1-4-8-12)15(18)13-9-5-2-6-10-13/h1-10,14,17H,11H2. The van der Waals surface area contributed by atoms with Gasteiger partial charge < -0.3 is 0 Å². The fourth-order valence-electron chi connectivity index (χ4n) is 1.96. The van der Waals surface area contributed by atoms with Gasteiger partial charge in [-0.2, -0.15) is 0 Å². The maximum Gasteiger partial charge on any atom is 0.249 e. The quantitative estimate of drug-likeness (QED) is 0.606. The number of ketones is 1. The average Bonchev–Trinajstić information content (AvgIpc) is 2.46. The molecule has 1 N–H and O–H groups in total. The monoisotopic (exact) mass is 252 g/mol. The third kappa shape index (κ3) is 3.28. The normalized spacial score (nSPS) is 11.8. The SMILES string of the molecule is [NH]C(=O)C(Cc1ccccc1)C(=O)c1ccccc1. The summed E-state index contributed by atoms with van der Waals surface area (Å²) >= 11 is 0. The van der Waals surface area contributed by atoms with Gasteiger partial charge in [0.2, 0.25) is 5.91 Å². The van der Waals surface area contributed by atoms with Crippen molar-refractivity contribution in [1.82, 2.24) is 5.73 Å². The van der Waals surface area contributed by atoms with E-state index in [4.69, 9.17) is 5.73 Å².